The quantitative estimate of drug-likeness (QED) is 0.698. The monoisotopic (exact) mass is 348 g/mol. The second-order valence-corrected chi connectivity index (χ2v) is 5.55. The largest absolute Gasteiger partial charge is 0.495 e. The van der Waals surface area contributed by atoms with E-state index >= 15 is 0 Å². The molecule has 0 fully saturated rings. The molecule has 0 saturated heterocycles. The van der Waals surface area contributed by atoms with Gasteiger partial charge in [-0.25, -0.2) is 0 Å². The first kappa shape index (κ1) is 13.8. The van der Waals surface area contributed by atoms with Crippen molar-refractivity contribution in [3.05, 3.63) is 50.8 Å². The van der Waals surface area contributed by atoms with Crippen molar-refractivity contribution < 1.29 is 9.15 Å². The van der Waals surface area contributed by atoms with Gasteiger partial charge in [-0.1, -0.05) is 11.6 Å². The molecule has 0 saturated carbocycles. The molecule has 0 radical (unpaired) electrons. The third kappa shape index (κ3) is 2.68. The van der Waals surface area contributed by atoms with E-state index in [1.165, 1.54) is 0 Å². The van der Waals surface area contributed by atoms with Crippen LogP contribution in [-0.2, 0) is 0 Å². The molecule has 18 heavy (non-hydrogen) atoms. The molecule has 0 N–H and O–H groups in total. The van der Waals surface area contributed by atoms with Crippen molar-refractivity contribution in [2.24, 2.45) is 0 Å². The van der Waals surface area contributed by atoms with Gasteiger partial charge in [0, 0.05) is 10.6 Å². The smallest absolute Gasteiger partial charge is 0.138 e. The first-order valence-corrected chi connectivity index (χ1v) is 6.87. The molecular formula is C13H11BrCl2O2. The van der Waals surface area contributed by atoms with Gasteiger partial charge in [0.25, 0.3) is 0 Å². The van der Waals surface area contributed by atoms with Gasteiger partial charge in [-0.2, -0.15) is 0 Å². The number of hydrogen-bond donors (Lipinski definition) is 0. The molecule has 0 amide bonds. The summed E-state index contributed by atoms with van der Waals surface area (Å²) in [6, 6.07) is 7.26. The van der Waals surface area contributed by atoms with Crippen LogP contribution in [0.5, 0.6) is 5.75 Å². The third-order valence-electron chi connectivity index (χ3n) is 2.53. The van der Waals surface area contributed by atoms with E-state index in [2.05, 4.69) is 15.9 Å². The Morgan fingerprint density at radius 1 is 1.33 bits per heavy atom. The summed E-state index contributed by atoms with van der Waals surface area (Å²) in [5.74, 6) is 2.14. The molecule has 2 aromatic rings. The maximum absolute atomic E-state index is 6.42. The highest BCUT2D eigenvalue weighted by Crippen LogP contribution is 2.41. The molecule has 2 rings (SSSR count). The van der Waals surface area contributed by atoms with Crippen molar-refractivity contribution >= 4 is 39.1 Å². The molecule has 1 atom stereocenters. The van der Waals surface area contributed by atoms with Gasteiger partial charge in [-0.3, -0.25) is 0 Å². The van der Waals surface area contributed by atoms with Crippen LogP contribution in [-0.4, -0.2) is 7.11 Å². The number of aryl methyl sites for hydroxylation is 1. The first-order chi connectivity index (χ1) is 8.52. The van der Waals surface area contributed by atoms with E-state index < -0.39 is 5.38 Å². The second-order valence-electron chi connectivity index (χ2n) is 3.82. The van der Waals surface area contributed by atoms with Gasteiger partial charge in [0.05, 0.1) is 11.6 Å². The van der Waals surface area contributed by atoms with E-state index in [0.29, 0.717) is 16.5 Å². The van der Waals surface area contributed by atoms with Crippen LogP contribution in [0.4, 0.5) is 0 Å². The Bertz CT molecular complexity index is 566. The lowest BCUT2D eigenvalue weighted by Crippen LogP contribution is -1.97. The van der Waals surface area contributed by atoms with Crippen molar-refractivity contribution in [1.82, 2.24) is 0 Å². The number of hydrogen-bond acceptors (Lipinski definition) is 2. The summed E-state index contributed by atoms with van der Waals surface area (Å²) in [6.07, 6.45) is 0. The maximum Gasteiger partial charge on any atom is 0.138 e. The molecule has 1 heterocycles. The Kier molecular flexibility index (Phi) is 4.25. The minimum Gasteiger partial charge on any atom is -0.495 e. The fraction of sp³-hybridized carbons (Fsp3) is 0.231. The van der Waals surface area contributed by atoms with Crippen LogP contribution >= 0.6 is 39.1 Å². The van der Waals surface area contributed by atoms with Gasteiger partial charge in [-0.15, -0.1) is 11.6 Å². The summed E-state index contributed by atoms with van der Waals surface area (Å²) in [5.41, 5.74) is 0.771. The number of rotatable bonds is 3. The van der Waals surface area contributed by atoms with Gasteiger partial charge >= 0.3 is 0 Å². The fourth-order valence-corrected chi connectivity index (χ4v) is 3.00. The SMILES string of the molecule is COc1c(Br)cc(Cl)cc1C(Cl)c1ccc(C)o1. The molecular weight excluding hydrogens is 339 g/mol. The van der Waals surface area contributed by atoms with Crippen LogP contribution in [0.2, 0.25) is 5.02 Å². The van der Waals surface area contributed by atoms with Gasteiger partial charge in [0.2, 0.25) is 0 Å². The first-order valence-electron chi connectivity index (χ1n) is 5.26. The zero-order chi connectivity index (χ0) is 13.3. The molecule has 2 nitrogen and oxygen atoms in total. The zero-order valence-corrected chi connectivity index (χ0v) is 12.9. The molecule has 1 unspecified atom stereocenters. The van der Waals surface area contributed by atoms with E-state index in [1.54, 1.807) is 19.2 Å². The highest BCUT2D eigenvalue weighted by atomic mass is 79.9. The summed E-state index contributed by atoms with van der Waals surface area (Å²) in [4.78, 5) is 0. The van der Waals surface area contributed by atoms with Gasteiger partial charge in [0.1, 0.15) is 22.6 Å². The van der Waals surface area contributed by atoms with Crippen molar-refractivity contribution in [2.45, 2.75) is 12.3 Å². The Morgan fingerprint density at radius 2 is 2.06 bits per heavy atom. The van der Waals surface area contributed by atoms with Gasteiger partial charge in [-0.05, 0) is 47.1 Å². The van der Waals surface area contributed by atoms with Crippen LogP contribution in [0.3, 0.4) is 0 Å². The number of methoxy groups -OCH3 is 1. The average molecular weight is 350 g/mol. The van der Waals surface area contributed by atoms with Crippen LogP contribution in [0, 0.1) is 6.92 Å². The number of halogens is 3. The zero-order valence-electron chi connectivity index (χ0n) is 9.84. The van der Waals surface area contributed by atoms with Crippen molar-refractivity contribution in [1.29, 1.82) is 0 Å². The number of furan rings is 1. The molecule has 0 aliphatic carbocycles. The lowest BCUT2D eigenvalue weighted by atomic mass is 10.1. The Balaban J connectivity index is 2.49. The van der Waals surface area contributed by atoms with Gasteiger partial charge < -0.3 is 9.15 Å². The van der Waals surface area contributed by atoms with Gasteiger partial charge in [0.15, 0.2) is 0 Å². The number of benzene rings is 1. The van der Waals surface area contributed by atoms with Crippen LogP contribution < -0.4 is 4.74 Å². The summed E-state index contributed by atoms with van der Waals surface area (Å²) >= 11 is 15.9. The maximum atomic E-state index is 6.42. The minimum atomic E-state index is -0.441. The molecule has 1 aromatic heterocycles. The average Bonchev–Trinajstić information content (AvgIpc) is 2.74. The summed E-state index contributed by atoms with van der Waals surface area (Å²) in [7, 11) is 1.59. The molecule has 5 heteroatoms. The lowest BCUT2D eigenvalue weighted by molar-refractivity contribution is 0.404. The van der Waals surface area contributed by atoms with Crippen LogP contribution in [0.25, 0.3) is 0 Å². The van der Waals surface area contributed by atoms with E-state index in [-0.39, 0.29) is 0 Å². The number of alkyl halides is 1. The lowest BCUT2D eigenvalue weighted by Gasteiger charge is -2.14. The highest BCUT2D eigenvalue weighted by Gasteiger charge is 2.21. The van der Waals surface area contributed by atoms with Crippen LogP contribution in [0.15, 0.2) is 33.2 Å². The van der Waals surface area contributed by atoms with Crippen LogP contribution in [0.1, 0.15) is 22.5 Å². The van der Waals surface area contributed by atoms with E-state index in [4.69, 9.17) is 32.4 Å². The Hall–Kier alpha value is -0.640. The minimum absolute atomic E-state index is 0.441. The predicted molar refractivity (Wildman–Crippen MR) is 76.8 cm³/mol. The van der Waals surface area contributed by atoms with E-state index in [0.717, 1.165) is 15.8 Å². The summed E-state index contributed by atoms with van der Waals surface area (Å²) < 4.78 is 11.6. The van der Waals surface area contributed by atoms with Crippen molar-refractivity contribution in [3.63, 3.8) is 0 Å². The van der Waals surface area contributed by atoms with Crippen molar-refractivity contribution in [2.75, 3.05) is 7.11 Å². The molecule has 96 valence electrons. The summed E-state index contributed by atoms with van der Waals surface area (Å²) in [6.45, 7) is 1.87. The molecule has 0 aliphatic heterocycles. The third-order valence-corrected chi connectivity index (χ3v) is 3.78. The normalized spacial score (nSPS) is 12.5. The Labute approximate surface area is 124 Å². The summed E-state index contributed by atoms with van der Waals surface area (Å²) in [5, 5.41) is 0.148. The predicted octanol–water partition coefficient (Wildman–Crippen LogP) is 5.34. The topological polar surface area (TPSA) is 22.4 Å². The standard InChI is InChI=1S/C13H11BrCl2O2/c1-7-3-4-11(18-7)12(16)9-5-8(15)6-10(14)13(9)17-2/h3-6,12H,1-2H3. The van der Waals surface area contributed by atoms with Crippen molar-refractivity contribution in [3.8, 4) is 5.75 Å². The Morgan fingerprint density at radius 3 is 2.61 bits per heavy atom. The van der Waals surface area contributed by atoms with E-state index in [9.17, 15) is 0 Å². The number of ether oxygens (including phenoxy) is 1. The fourth-order valence-electron chi connectivity index (χ4n) is 1.73. The van der Waals surface area contributed by atoms with E-state index in [1.807, 2.05) is 19.1 Å². The molecule has 0 aliphatic rings. The highest BCUT2D eigenvalue weighted by molar-refractivity contribution is 9.10. The molecule has 0 spiro atoms. The second kappa shape index (κ2) is 5.55. The molecule has 0 bridgehead atoms. The molecule has 1 aromatic carbocycles.